The molecule has 1 aromatic heterocycles. The van der Waals surface area contributed by atoms with Crippen LogP contribution in [0, 0.1) is 13.8 Å². The molecular weight excluding hydrogens is 210 g/mol. The van der Waals surface area contributed by atoms with Crippen molar-refractivity contribution in [2.45, 2.75) is 18.9 Å². The van der Waals surface area contributed by atoms with Crippen molar-refractivity contribution in [2.75, 3.05) is 6.26 Å². The largest absolute Gasteiger partial charge is 0.244 e. The maximum absolute atomic E-state index is 11.2. The van der Waals surface area contributed by atoms with E-state index in [-0.39, 0.29) is 5.03 Å². The van der Waals surface area contributed by atoms with Gasteiger partial charge in [-0.2, -0.15) is 0 Å². The monoisotopic (exact) mass is 219 g/mol. The molecule has 0 aliphatic heterocycles. The molecule has 0 spiro atoms. The van der Waals surface area contributed by atoms with Crippen LogP contribution in [-0.4, -0.2) is 19.7 Å². The van der Waals surface area contributed by atoms with Crippen molar-refractivity contribution in [3.8, 4) is 0 Å². The summed E-state index contributed by atoms with van der Waals surface area (Å²) in [6, 6.07) is 0. The maximum Gasteiger partial charge on any atom is 0.193 e. The quantitative estimate of drug-likeness (QED) is 0.723. The van der Waals surface area contributed by atoms with Gasteiger partial charge < -0.3 is 0 Å². The highest BCUT2D eigenvalue weighted by Crippen LogP contribution is 2.23. The number of nitrogens with zero attached hydrogens (tertiary/aromatic N) is 1. The van der Waals surface area contributed by atoms with Gasteiger partial charge in [0, 0.05) is 18.0 Å². The maximum atomic E-state index is 11.2. The van der Waals surface area contributed by atoms with E-state index in [9.17, 15) is 8.42 Å². The van der Waals surface area contributed by atoms with E-state index in [0.29, 0.717) is 10.6 Å². The molecule has 1 aromatic rings. The van der Waals surface area contributed by atoms with Gasteiger partial charge >= 0.3 is 0 Å². The van der Waals surface area contributed by atoms with Gasteiger partial charge in [-0.3, -0.25) is 0 Å². The molecule has 0 amide bonds. The zero-order chi connectivity index (χ0) is 10.2. The van der Waals surface area contributed by atoms with Crippen LogP contribution in [0.15, 0.2) is 11.2 Å². The average Bonchev–Trinajstić information content (AvgIpc) is 1.98. The minimum atomic E-state index is -3.27. The summed E-state index contributed by atoms with van der Waals surface area (Å²) >= 11 is 5.88. The molecule has 3 nitrogen and oxygen atoms in total. The summed E-state index contributed by atoms with van der Waals surface area (Å²) < 4.78 is 22.4. The summed E-state index contributed by atoms with van der Waals surface area (Å²) in [5.74, 6) is 0. The standard InChI is InChI=1S/C8H10ClNO2S/c1-5-4-10-8(13(3,11)12)6(2)7(5)9/h4H,1-3H3. The molecule has 0 atom stereocenters. The van der Waals surface area contributed by atoms with Crippen LogP contribution in [0.5, 0.6) is 0 Å². The van der Waals surface area contributed by atoms with Crippen molar-refractivity contribution < 1.29 is 8.42 Å². The van der Waals surface area contributed by atoms with E-state index in [1.807, 2.05) is 0 Å². The number of pyridine rings is 1. The van der Waals surface area contributed by atoms with Crippen LogP contribution in [0.25, 0.3) is 0 Å². The topological polar surface area (TPSA) is 47.0 Å². The average molecular weight is 220 g/mol. The molecule has 0 radical (unpaired) electrons. The number of rotatable bonds is 1. The van der Waals surface area contributed by atoms with Crippen molar-refractivity contribution in [3.05, 3.63) is 22.3 Å². The Morgan fingerprint density at radius 3 is 2.38 bits per heavy atom. The normalized spacial score (nSPS) is 11.7. The van der Waals surface area contributed by atoms with Gasteiger partial charge in [-0.05, 0) is 19.4 Å². The molecule has 72 valence electrons. The number of sulfone groups is 1. The van der Waals surface area contributed by atoms with Gasteiger partial charge in [0.1, 0.15) is 0 Å². The number of aryl methyl sites for hydroxylation is 1. The number of halogens is 1. The van der Waals surface area contributed by atoms with E-state index >= 15 is 0 Å². The summed E-state index contributed by atoms with van der Waals surface area (Å²) in [4.78, 5) is 3.84. The van der Waals surface area contributed by atoms with Crippen LogP contribution in [-0.2, 0) is 9.84 Å². The molecule has 0 aliphatic rings. The highest BCUT2D eigenvalue weighted by Gasteiger charge is 2.15. The molecule has 1 heterocycles. The van der Waals surface area contributed by atoms with E-state index in [0.717, 1.165) is 11.8 Å². The Morgan fingerprint density at radius 2 is 1.92 bits per heavy atom. The first kappa shape index (κ1) is 10.5. The molecular formula is C8H10ClNO2S. The lowest BCUT2D eigenvalue weighted by atomic mass is 10.2. The van der Waals surface area contributed by atoms with Gasteiger partial charge in [0.2, 0.25) is 0 Å². The second-order valence-corrected chi connectivity index (χ2v) is 5.27. The van der Waals surface area contributed by atoms with Gasteiger partial charge in [-0.15, -0.1) is 0 Å². The van der Waals surface area contributed by atoms with E-state index in [1.165, 1.54) is 6.20 Å². The van der Waals surface area contributed by atoms with E-state index in [4.69, 9.17) is 11.6 Å². The minimum absolute atomic E-state index is 0.0584. The highest BCUT2D eigenvalue weighted by molar-refractivity contribution is 7.90. The smallest absolute Gasteiger partial charge is 0.193 e. The van der Waals surface area contributed by atoms with Gasteiger partial charge in [-0.25, -0.2) is 13.4 Å². The molecule has 0 aliphatic carbocycles. The Hall–Kier alpha value is -0.610. The van der Waals surface area contributed by atoms with E-state index < -0.39 is 9.84 Å². The molecule has 0 bridgehead atoms. The predicted molar refractivity (Wildman–Crippen MR) is 51.8 cm³/mol. The fourth-order valence-electron chi connectivity index (χ4n) is 1.07. The molecule has 0 N–H and O–H groups in total. The van der Waals surface area contributed by atoms with Crippen LogP contribution in [0.4, 0.5) is 0 Å². The summed E-state index contributed by atoms with van der Waals surface area (Å²) in [5, 5.41) is 0.526. The molecule has 1 rings (SSSR count). The van der Waals surface area contributed by atoms with Gasteiger partial charge in [-0.1, -0.05) is 11.6 Å². The molecule has 0 fully saturated rings. The van der Waals surface area contributed by atoms with Crippen LogP contribution in [0.1, 0.15) is 11.1 Å². The Kier molecular flexibility index (Phi) is 2.63. The van der Waals surface area contributed by atoms with Crippen molar-refractivity contribution in [2.24, 2.45) is 0 Å². The Balaban J connectivity index is 3.53. The fraction of sp³-hybridized carbons (Fsp3) is 0.375. The predicted octanol–water partition coefficient (Wildman–Crippen LogP) is 1.76. The molecule has 0 saturated carbocycles. The van der Waals surface area contributed by atoms with Crippen molar-refractivity contribution in [1.82, 2.24) is 4.98 Å². The van der Waals surface area contributed by atoms with Gasteiger partial charge in [0.25, 0.3) is 0 Å². The molecule has 0 saturated heterocycles. The first-order chi connectivity index (χ1) is 5.84. The minimum Gasteiger partial charge on any atom is -0.244 e. The van der Waals surface area contributed by atoms with Crippen molar-refractivity contribution >= 4 is 21.4 Å². The lowest BCUT2D eigenvalue weighted by molar-refractivity contribution is 0.597. The zero-order valence-corrected chi connectivity index (χ0v) is 9.20. The Bertz CT molecular complexity index is 440. The highest BCUT2D eigenvalue weighted by atomic mass is 35.5. The third-order valence-electron chi connectivity index (χ3n) is 1.72. The molecule has 0 unspecified atom stereocenters. The molecule has 0 aromatic carbocycles. The van der Waals surface area contributed by atoms with Crippen LogP contribution in [0.3, 0.4) is 0 Å². The second-order valence-electron chi connectivity index (χ2n) is 2.96. The third-order valence-corrected chi connectivity index (χ3v) is 3.42. The van der Waals surface area contributed by atoms with Gasteiger partial charge in [0.05, 0.1) is 5.02 Å². The Labute approximate surface area is 82.7 Å². The van der Waals surface area contributed by atoms with E-state index in [2.05, 4.69) is 4.98 Å². The van der Waals surface area contributed by atoms with Crippen LogP contribution < -0.4 is 0 Å². The lowest BCUT2D eigenvalue weighted by Crippen LogP contribution is -2.04. The summed E-state index contributed by atoms with van der Waals surface area (Å²) in [6.07, 6.45) is 2.58. The fourth-order valence-corrected chi connectivity index (χ4v) is 2.17. The number of hydrogen-bond acceptors (Lipinski definition) is 3. The SMILES string of the molecule is Cc1cnc(S(C)(=O)=O)c(C)c1Cl. The molecule has 13 heavy (non-hydrogen) atoms. The zero-order valence-electron chi connectivity index (χ0n) is 7.63. The third kappa shape index (κ3) is 2.00. The van der Waals surface area contributed by atoms with Crippen LogP contribution in [0.2, 0.25) is 5.02 Å². The summed E-state index contributed by atoms with van der Waals surface area (Å²) in [6.45, 7) is 3.44. The Morgan fingerprint density at radius 1 is 1.38 bits per heavy atom. The first-order valence-corrected chi connectivity index (χ1v) is 5.92. The molecule has 5 heteroatoms. The second kappa shape index (κ2) is 3.27. The van der Waals surface area contributed by atoms with Crippen LogP contribution >= 0.6 is 11.6 Å². The number of aromatic nitrogens is 1. The van der Waals surface area contributed by atoms with Crippen molar-refractivity contribution in [3.63, 3.8) is 0 Å². The lowest BCUT2D eigenvalue weighted by Gasteiger charge is -2.05. The summed E-state index contributed by atoms with van der Waals surface area (Å²) in [5.41, 5.74) is 1.30. The first-order valence-electron chi connectivity index (χ1n) is 3.66. The van der Waals surface area contributed by atoms with Gasteiger partial charge in [0.15, 0.2) is 14.9 Å². The summed E-state index contributed by atoms with van der Waals surface area (Å²) in [7, 11) is -3.27. The van der Waals surface area contributed by atoms with E-state index in [1.54, 1.807) is 13.8 Å². The number of hydrogen-bond donors (Lipinski definition) is 0. The van der Waals surface area contributed by atoms with Crippen molar-refractivity contribution in [1.29, 1.82) is 0 Å².